The minimum absolute atomic E-state index is 0.462. The van der Waals surface area contributed by atoms with Crippen molar-refractivity contribution in [3.8, 4) is 55.6 Å². The van der Waals surface area contributed by atoms with Crippen molar-refractivity contribution in [2.24, 2.45) is 0 Å². The first kappa shape index (κ1) is 42.4. The van der Waals surface area contributed by atoms with Crippen LogP contribution in [0.3, 0.4) is 0 Å². The molecule has 12 aromatic carbocycles. The van der Waals surface area contributed by atoms with E-state index in [-0.39, 0.29) is 0 Å². The molecule has 0 unspecified atom stereocenters. The summed E-state index contributed by atoms with van der Waals surface area (Å²) in [6, 6.07) is 104. The zero-order valence-corrected chi connectivity index (χ0v) is 40.0. The number of furan rings is 1. The van der Waals surface area contributed by atoms with Gasteiger partial charge in [-0.15, -0.1) is 0 Å². The summed E-state index contributed by atoms with van der Waals surface area (Å²) in [5, 5.41) is 4.77. The third kappa shape index (κ3) is 7.10. The average Bonchev–Trinajstić information content (AvgIpc) is 4.05. The van der Waals surface area contributed by atoms with Crippen molar-refractivity contribution in [1.82, 2.24) is 0 Å². The second-order valence-corrected chi connectivity index (χ2v) is 19.2. The van der Waals surface area contributed by atoms with Gasteiger partial charge < -0.3 is 9.32 Å². The fourth-order valence-electron chi connectivity index (χ4n) is 11.7. The number of nitrogens with zero attached hydrogens (tertiary/aromatic N) is 1. The zero-order chi connectivity index (χ0) is 48.3. The molecule has 2 heteroatoms. The second kappa shape index (κ2) is 17.4. The molecule has 0 saturated heterocycles. The highest BCUT2D eigenvalue weighted by Crippen LogP contribution is 2.58. The van der Waals surface area contributed by atoms with E-state index < -0.39 is 5.41 Å². The lowest BCUT2D eigenvalue weighted by Crippen LogP contribution is -2.28. The van der Waals surface area contributed by atoms with Gasteiger partial charge in [-0.2, -0.15) is 0 Å². The van der Waals surface area contributed by atoms with Crippen LogP contribution in [0.25, 0.3) is 88.3 Å². The Morgan fingerprint density at radius 3 is 1.38 bits per heavy atom. The highest BCUT2D eigenvalue weighted by Gasteiger charge is 2.46. The van der Waals surface area contributed by atoms with Crippen molar-refractivity contribution in [3.05, 3.63) is 307 Å². The molecule has 2 nitrogen and oxygen atoms in total. The molecule has 0 atom stereocenters. The Bertz CT molecular complexity index is 4110. The monoisotopic (exact) mass is 929 g/mol. The van der Waals surface area contributed by atoms with Gasteiger partial charge in [0.2, 0.25) is 0 Å². The van der Waals surface area contributed by atoms with Crippen molar-refractivity contribution >= 4 is 49.8 Å². The van der Waals surface area contributed by atoms with Crippen LogP contribution in [0.5, 0.6) is 0 Å². The molecule has 13 aromatic rings. The Kier molecular flexibility index (Phi) is 10.1. The van der Waals surface area contributed by atoms with Gasteiger partial charge in [-0.1, -0.05) is 224 Å². The number of benzene rings is 12. The zero-order valence-electron chi connectivity index (χ0n) is 40.0. The van der Waals surface area contributed by atoms with Crippen molar-refractivity contribution < 1.29 is 4.42 Å². The molecule has 1 aliphatic rings. The number of anilines is 3. The molecule has 342 valence electrons. The normalized spacial score (nSPS) is 12.5. The van der Waals surface area contributed by atoms with Gasteiger partial charge in [0.25, 0.3) is 0 Å². The molecule has 0 N–H and O–H groups in total. The molecule has 1 heterocycles. The summed E-state index contributed by atoms with van der Waals surface area (Å²) in [4.78, 5) is 2.36. The summed E-state index contributed by atoms with van der Waals surface area (Å²) in [5.41, 5.74) is 21.7. The number of hydrogen-bond donors (Lipinski definition) is 0. The number of hydrogen-bond acceptors (Lipinski definition) is 2. The fourth-order valence-corrected chi connectivity index (χ4v) is 11.7. The van der Waals surface area contributed by atoms with Crippen LogP contribution in [0.15, 0.2) is 290 Å². The summed E-state index contributed by atoms with van der Waals surface area (Å²) in [6.07, 6.45) is 0. The van der Waals surface area contributed by atoms with E-state index >= 15 is 0 Å². The molecule has 0 saturated carbocycles. The van der Waals surface area contributed by atoms with E-state index in [1.54, 1.807) is 0 Å². The SMILES string of the molecule is c1ccc(C2(c3ccccc3)c3ccccc3-c3c(-c4ccc(N(c5ccc(-c6ccc(-c7ccc8ccccc8c7)cc6)cc5)c5ccc(-c6ccc7c(c6)oc6ccccc67)cc5)cc4)cccc32)cc1. The molecule has 0 aliphatic heterocycles. The highest BCUT2D eigenvalue weighted by atomic mass is 16.3. The summed E-state index contributed by atoms with van der Waals surface area (Å²) < 4.78 is 6.30. The van der Waals surface area contributed by atoms with Crippen LogP contribution in [0.4, 0.5) is 17.1 Å². The summed E-state index contributed by atoms with van der Waals surface area (Å²) in [6.45, 7) is 0. The van der Waals surface area contributed by atoms with Gasteiger partial charge >= 0.3 is 0 Å². The van der Waals surface area contributed by atoms with Crippen LogP contribution in [-0.4, -0.2) is 0 Å². The molecule has 0 bridgehead atoms. The van der Waals surface area contributed by atoms with Crippen LogP contribution in [0.2, 0.25) is 0 Å². The molecule has 1 aliphatic carbocycles. The lowest BCUT2D eigenvalue weighted by molar-refractivity contribution is 0.669. The first-order valence-electron chi connectivity index (χ1n) is 25.1. The predicted octanol–water partition coefficient (Wildman–Crippen LogP) is 19.2. The minimum atomic E-state index is -0.462. The van der Waals surface area contributed by atoms with Gasteiger partial charge in [0, 0.05) is 27.8 Å². The van der Waals surface area contributed by atoms with E-state index in [9.17, 15) is 0 Å². The second-order valence-electron chi connectivity index (χ2n) is 19.2. The maximum absolute atomic E-state index is 6.30. The first-order valence-corrected chi connectivity index (χ1v) is 25.1. The molecule has 1 aromatic heterocycles. The summed E-state index contributed by atoms with van der Waals surface area (Å²) >= 11 is 0. The molecule has 14 rings (SSSR count). The number of para-hydroxylation sites is 1. The van der Waals surface area contributed by atoms with E-state index in [4.69, 9.17) is 4.42 Å². The van der Waals surface area contributed by atoms with Crippen LogP contribution in [0.1, 0.15) is 22.3 Å². The molecule has 0 spiro atoms. The Balaban J connectivity index is 0.843. The van der Waals surface area contributed by atoms with E-state index in [0.717, 1.165) is 50.1 Å². The van der Waals surface area contributed by atoms with E-state index in [0.29, 0.717) is 0 Å². The van der Waals surface area contributed by atoms with Gasteiger partial charge in [0.15, 0.2) is 0 Å². The number of rotatable bonds is 9. The quantitative estimate of drug-likeness (QED) is 0.143. The largest absolute Gasteiger partial charge is 0.456 e. The summed E-state index contributed by atoms with van der Waals surface area (Å²) in [5.74, 6) is 0. The maximum atomic E-state index is 6.30. The van der Waals surface area contributed by atoms with Crippen LogP contribution in [-0.2, 0) is 5.41 Å². The fraction of sp³-hybridized carbons (Fsp3) is 0.0141. The minimum Gasteiger partial charge on any atom is -0.456 e. The van der Waals surface area contributed by atoms with Crippen LogP contribution < -0.4 is 4.90 Å². The molecule has 73 heavy (non-hydrogen) atoms. The lowest BCUT2D eigenvalue weighted by atomic mass is 9.67. The average molecular weight is 930 g/mol. The van der Waals surface area contributed by atoms with Crippen molar-refractivity contribution in [2.75, 3.05) is 4.90 Å². The first-order chi connectivity index (χ1) is 36.2. The van der Waals surface area contributed by atoms with Gasteiger partial charge in [-0.05, 0) is 149 Å². The Morgan fingerprint density at radius 1 is 0.274 bits per heavy atom. The lowest BCUT2D eigenvalue weighted by Gasteiger charge is -2.34. The molecule has 0 fully saturated rings. The topological polar surface area (TPSA) is 16.4 Å². The van der Waals surface area contributed by atoms with Crippen molar-refractivity contribution in [2.45, 2.75) is 5.41 Å². The third-order valence-electron chi connectivity index (χ3n) is 15.2. The van der Waals surface area contributed by atoms with E-state index in [2.05, 4.69) is 278 Å². The maximum Gasteiger partial charge on any atom is 0.136 e. The molecule has 0 radical (unpaired) electrons. The molecular weight excluding hydrogens is 883 g/mol. The predicted molar refractivity (Wildman–Crippen MR) is 305 cm³/mol. The Hall–Kier alpha value is -9.50. The van der Waals surface area contributed by atoms with Crippen LogP contribution in [0, 0.1) is 0 Å². The Morgan fingerprint density at radius 2 is 0.726 bits per heavy atom. The van der Waals surface area contributed by atoms with Gasteiger partial charge in [-0.25, -0.2) is 0 Å². The van der Waals surface area contributed by atoms with Crippen LogP contribution >= 0.6 is 0 Å². The molecule has 0 amide bonds. The standard InChI is InChI=1S/C71H47NO/c1-3-16-57(17-4-1)71(58-18-5-2-6-19-58)66-23-11-9-21-65(66)70-62(22-13-24-67(70)71)53-36-43-61(44-37-53)72(60-41-34-52(35-42-60)56-38-45-64-63-20-10-12-25-68(63)73-69(64)47-56)59-39-32-50(33-40-59)49-26-28-51(29-27-49)55-31-30-48-14-7-8-15-54(48)46-55/h1-47H. The number of fused-ring (bicyclic) bond motifs is 7. The van der Waals surface area contributed by atoms with Crippen molar-refractivity contribution in [3.63, 3.8) is 0 Å². The summed E-state index contributed by atoms with van der Waals surface area (Å²) in [7, 11) is 0. The van der Waals surface area contributed by atoms with Gasteiger partial charge in [-0.3, -0.25) is 0 Å². The highest BCUT2D eigenvalue weighted by molar-refractivity contribution is 6.06. The van der Waals surface area contributed by atoms with Gasteiger partial charge in [0.1, 0.15) is 11.2 Å². The third-order valence-corrected chi connectivity index (χ3v) is 15.2. The Labute approximate surface area is 425 Å². The molecular formula is C71H47NO. The van der Waals surface area contributed by atoms with Gasteiger partial charge in [0.05, 0.1) is 5.41 Å². The smallest absolute Gasteiger partial charge is 0.136 e. The van der Waals surface area contributed by atoms with E-state index in [1.807, 2.05) is 12.1 Å². The van der Waals surface area contributed by atoms with E-state index in [1.165, 1.54) is 77.5 Å². The van der Waals surface area contributed by atoms with Crippen molar-refractivity contribution in [1.29, 1.82) is 0 Å².